The number of aryl methyl sites for hydroxylation is 1. The van der Waals surface area contributed by atoms with Crippen LogP contribution in [0.25, 0.3) is 10.1 Å². The molecule has 0 radical (unpaired) electrons. The summed E-state index contributed by atoms with van der Waals surface area (Å²) in [5.74, 6) is -0.131. The minimum atomic E-state index is -0.131. The Morgan fingerprint density at radius 3 is 2.90 bits per heavy atom. The lowest BCUT2D eigenvalue weighted by atomic mass is 10.1. The number of anilines is 1. The van der Waals surface area contributed by atoms with Gasteiger partial charge in [-0.05, 0) is 32.4 Å². The Hall–Kier alpha value is -1.59. The number of carbonyl (C=O) groups excluding carboxylic acids is 1. The summed E-state index contributed by atoms with van der Waals surface area (Å²) < 4.78 is 6.44. The number of hydrogen-bond acceptors (Lipinski definition) is 4. The van der Waals surface area contributed by atoms with E-state index in [2.05, 4.69) is 11.4 Å². The topological polar surface area (TPSA) is 64.4 Å². The molecule has 2 rings (SSSR count). The highest BCUT2D eigenvalue weighted by Crippen LogP contribution is 2.33. The van der Waals surface area contributed by atoms with Gasteiger partial charge in [-0.3, -0.25) is 4.79 Å². The zero-order valence-electron chi connectivity index (χ0n) is 12.0. The Labute approximate surface area is 122 Å². The van der Waals surface area contributed by atoms with E-state index in [4.69, 9.17) is 10.5 Å². The van der Waals surface area contributed by atoms with E-state index in [1.807, 2.05) is 32.9 Å². The van der Waals surface area contributed by atoms with E-state index >= 15 is 0 Å². The second kappa shape index (κ2) is 6.24. The zero-order valence-corrected chi connectivity index (χ0v) is 12.8. The summed E-state index contributed by atoms with van der Waals surface area (Å²) in [6, 6.07) is 6.02. The van der Waals surface area contributed by atoms with Crippen LogP contribution in [0, 0.1) is 6.92 Å². The molecule has 2 aromatic rings. The quantitative estimate of drug-likeness (QED) is 0.833. The first-order valence-corrected chi connectivity index (χ1v) is 7.49. The molecule has 0 saturated heterocycles. The molecule has 3 N–H and O–H groups in total. The van der Waals surface area contributed by atoms with Crippen molar-refractivity contribution in [1.29, 1.82) is 0 Å². The standard InChI is InChI=1S/C15H20N2O2S/c1-9(2)19-7-6-17-15(18)14-13(16)11-5-4-10(3)8-12(11)20-14/h4-5,8-9H,6-7,16H2,1-3H3,(H,17,18). The molecule has 0 spiro atoms. The van der Waals surface area contributed by atoms with Gasteiger partial charge in [-0.25, -0.2) is 0 Å². The van der Waals surface area contributed by atoms with E-state index < -0.39 is 0 Å². The molecule has 0 fully saturated rings. The minimum absolute atomic E-state index is 0.131. The number of rotatable bonds is 5. The molecule has 108 valence electrons. The second-order valence-electron chi connectivity index (χ2n) is 5.02. The van der Waals surface area contributed by atoms with Gasteiger partial charge in [0.2, 0.25) is 0 Å². The van der Waals surface area contributed by atoms with E-state index in [-0.39, 0.29) is 12.0 Å². The third kappa shape index (κ3) is 3.29. The third-order valence-electron chi connectivity index (χ3n) is 2.93. The maximum absolute atomic E-state index is 12.1. The van der Waals surface area contributed by atoms with E-state index in [0.717, 1.165) is 15.6 Å². The average Bonchev–Trinajstić information content (AvgIpc) is 2.71. The van der Waals surface area contributed by atoms with Crippen molar-refractivity contribution in [3.8, 4) is 0 Å². The van der Waals surface area contributed by atoms with Crippen molar-refractivity contribution < 1.29 is 9.53 Å². The van der Waals surface area contributed by atoms with Crippen LogP contribution in [0.1, 0.15) is 29.1 Å². The molecule has 0 aliphatic rings. The maximum atomic E-state index is 12.1. The fourth-order valence-corrected chi connectivity index (χ4v) is 3.07. The summed E-state index contributed by atoms with van der Waals surface area (Å²) in [6.45, 7) is 6.96. The van der Waals surface area contributed by atoms with Gasteiger partial charge in [0.05, 0.1) is 18.4 Å². The molecular weight excluding hydrogens is 272 g/mol. The highest BCUT2D eigenvalue weighted by molar-refractivity contribution is 7.21. The number of nitrogens with two attached hydrogens (primary N) is 1. The molecule has 4 nitrogen and oxygen atoms in total. The SMILES string of the molecule is Cc1ccc2c(N)c(C(=O)NCCOC(C)C)sc2c1. The van der Waals surface area contributed by atoms with Crippen LogP contribution < -0.4 is 11.1 Å². The largest absolute Gasteiger partial charge is 0.397 e. The van der Waals surface area contributed by atoms with Crippen molar-refractivity contribution in [2.75, 3.05) is 18.9 Å². The number of benzene rings is 1. The van der Waals surface area contributed by atoms with Crippen molar-refractivity contribution >= 4 is 33.0 Å². The fraction of sp³-hybridized carbons (Fsp3) is 0.400. The van der Waals surface area contributed by atoms with Crippen molar-refractivity contribution in [2.45, 2.75) is 26.9 Å². The first kappa shape index (κ1) is 14.8. The van der Waals surface area contributed by atoms with Crippen LogP contribution in [-0.4, -0.2) is 25.2 Å². The zero-order chi connectivity index (χ0) is 14.7. The Kier molecular flexibility index (Phi) is 4.62. The molecular formula is C15H20N2O2S. The van der Waals surface area contributed by atoms with Crippen molar-refractivity contribution in [1.82, 2.24) is 5.32 Å². The summed E-state index contributed by atoms with van der Waals surface area (Å²) in [4.78, 5) is 12.7. The Bertz CT molecular complexity index is 620. The van der Waals surface area contributed by atoms with Crippen LogP contribution in [-0.2, 0) is 4.74 Å². The molecule has 20 heavy (non-hydrogen) atoms. The minimum Gasteiger partial charge on any atom is -0.397 e. The molecule has 1 aromatic heterocycles. The average molecular weight is 292 g/mol. The summed E-state index contributed by atoms with van der Waals surface area (Å²) in [5, 5.41) is 3.79. The first-order chi connectivity index (χ1) is 9.49. The van der Waals surface area contributed by atoms with Crippen LogP contribution in [0.5, 0.6) is 0 Å². The number of ether oxygens (including phenoxy) is 1. The number of thiophene rings is 1. The van der Waals surface area contributed by atoms with E-state index in [1.54, 1.807) is 0 Å². The van der Waals surface area contributed by atoms with Gasteiger partial charge < -0.3 is 15.8 Å². The van der Waals surface area contributed by atoms with Crippen molar-refractivity contribution in [2.24, 2.45) is 0 Å². The monoisotopic (exact) mass is 292 g/mol. The van der Waals surface area contributed by atoms with Gasteiger partial charge in [0.25, 0.3) is 5.91 Å². The van der Waals surface area contributed by atoms with E-state index in [1.165, 1.54) is 11.3 Å². The summed E-state index contributed by atoms with van der Waals surface area (Å²) >= 11 is 1.43. The molecule has 0 atom stereocenters. The molecule has 0 saturated carbocycles. The van der Waals surface area contributed by atoms with Crippen LogP contribution >= 0.6 is 11.3 Å². The van der Waals surface area contributed by atoms with Crippen LogP contribution in [0.15, 0.2) is 18.2 Å². The lowest BCUT2D eigenvalue weighted by Gasteiger charge is -2.08. The summed E-state index contributed by atoms with van der Waals surface area (Å²) in [6.07, 6.45) is 0.171. The van der Waals surface area contributed by atoms with Crippen LogP contribution in [0.2, 0.25) is 0 Å². The third-order valence-corrected chi connectivity index (χ3v) is 4.10. The highest BCUT2D eigenvalue weighted by atomic mass is 32.1. The maximum Gasteiger partial charge on any atom is 0.263 e. The van der Waals surface area contributed by atoms with Crippen LogP contribution in [0.3, 0.4) is 0 Å². The predicted octanol–water partition coefficient (Wildman–Crippen LogP) is 2.95. The molecule has 0 bridgehead atoms. The molecule has 1 amide bonds. The number of nitrogen functional groups attached to an aromatic ring is 1. The lowest BCUT2D eigenvalue weighted by molar-refractivity contribution is 0.0748. The smallest absolute Gasteiger partial charge is 0.263 e. The van der Waals surface area contributed by atoms with Gasteiger partial charge >= 0.3 is 0 Å². The van der Waals surface area contributed by atoms with Gasteiger partial charge in [0.1, 0.15) is 4.88 Å². The van der Waals surface area contributed by atoms with Crippen molar-refractivity contribution in [3.05, 3.63) is 28.6 Å². The van der Waals surface area contributed by atoms with Gasteiger partial charge in [0.15, 0.2) is 0 Å². The normalized spacial score (nSPS) is 11.2. The van der Waals surface area contributed by atoms with Crippen molar-refractivity contribution in [3.63, 3.8) is 0 Å². The highest BCUT2D eigenvalue weighted by Gasteiger charge is 2.15. The van der Waals surface area contributed by atoms with Crippen LogP contribution in [0.4, 0.5) is 5.69 Å². The molecule has 0 aliphatic carbocycles. The fourth-order valence-electron chi connectivity index (χ4n) is 1.93. The molecule has 1 heterocycles. The Morgan fingerprint density at radius 1 is 1.45 bits per heavy atom. The Balaban J connectivity index is 2.08. The predicted molar refractivity (Wildman–Crippen MR) is 84.4 cm³/mol. The number of amides is 1. The molecule has 5 heteroatoms. The molecule has 0 aliphatic heterocycles. The van der Waals surface area contributed by atoms with Gasteiger partial charge in [-0.1, -0.05) is 12.1 Å². The number of fused-ring (bicyclic) bond motifs is 1. The summed E-state index contributed by atoms with van der Waals surface area (Å²) in [7, 11) is 0. The van der Waals surface area contributed by atoms with Gasteiger partial charge in [-0.15, -0.1) is 11.3 Å². The number of hydrogen-bond donors (Lipinski definition) is 2. The molecule has 1 aromatic carbocycles. The van der Waals surface area contributed by atoms with E-state index in [9.17, 15) is 4.79 Å². The Morgan fingerprint density at radius 2 is 2.20 bits per heavy atom. The molecule has 0 unspecified atom stereocenters. The first-order valence-electron chi connectivity index (χ1n) is 6.67. The summed E-state index contributed by atoms with van der Waals surface area (Å²) in [5.41, 5.74) is 7.79. The lowest BCUT2D eigenvalue weighted by Crippen LogP contribution is -2.27. The second-order valence-corrected chi connectivity index (χ2v) is 6.07. The van der Waals surface area contributed by atoms with Gasteiger partial charge in [-0.2, -0.15) is 0 Å². The number of carbonyl (C=O) groups is 1. The number of nitrogens with one attached hydrogen (secondary N) is 1. The van der Waals surface area contributed by atoms with Gasteiger partial charge in [0, 0.05) is 16.6 Å². The van der Waals surface area contributed by atoms with E-state index in [0.29, 0.717) is 23.7 Å².